The lowest BCUT2D eigenvalue weighted by atomic mass is 10.00. The summed E-state index contributed by atoms with van der Waals surface area (Å²) in [6.07, 6.45) is 6.06. The fourth-order valence-corrected chi connectivity index (χ4v) is 4.87. The number of carbonyl (C=O) groups is 2. The van der Waals surface area contributed by atoms with Crippen molar-refractivity contribution in [2.24, 2.45) is 0 Å². The molecule has 1 aliphatic rings. The molecule has 0 spiro atoms. The minimum Gasteiger partial charge on any atom is -0.442 e. The Bertz CT molecular complexity index is 1920. The molecule has 1 atom stereocenters. The third kappa shape index (κ3) is 5.93. The summed E-state index contributed by atoms with van der Waals surface area (Å²) in [6.45, 7) is 2.59. The van der Waals surface area contributed by atoms with Gasteiger partial charge in [0, 0.05) is 19.1 Å². The van der Waals surface area contributed by atoms with E-state index < -0.39 is 11.8 Å². The molecule has 14 nitrogen and oxygen atoms in total. The molecule has 6 aromatic rings. The van der Waals surface area contributed by atoms with Crippen molar-refractivity contribution in [2.45, 2.75) is 32.5 Å². The average molecular weight is 621 g/mol. The predicted octanol–water partition coefficient (Wildman–Crippen LogP) is 4.37. The quantitative estimate of drug-likeness (QED) is 0.286. The SMILES string of the molecule is CC(Cc1cc2cc(c1)CNC(=O)c1coc(n1)-c1coc(n1)-c1cccc(n1)-c1nc(co1)-c1nc(co1)C(=O)NC2)N(C)C. The summed E-state index contributed by atoms with van der Waals surface area (Å²) < 4.78 is 22.4. The Balaban J connectivity index is 1.24. The number of benzene rings is 1. The van der Waals surface area contributed by atoms with Gasteiger partial charge in [0.1, 0.15) is 36.4 Å². The first kappa shape index (κ1) is 28.9. The monoisotopic (exact) mass is 620 g/mol. The third-order valence-corrected chi connectivity index (χ3v) is 7.54. The van der Waals surface area contributed by atoms with Gasteiger partial charge in [-0.05, 0) is 56.3 Å². The maximum atomic E-state index is 13.0. The maximum Gasteiger partial charge on any atom is 0.273 e. The summed E-state index contributed by atoms with van der Waals surface area (Å²) >= 11 is 0. The highest BCUT2D eigenvalue weighted by molar-refractivity contribution is 5.93. The van der Waals surface area contributed by atoms with Crippen LogP contribution in [-0.2, 0) is 19.5 Å². The normalized spacial score (nSPS) is 14.0. The van der Waals surface area contributed by atoms with Gasteiger partial charge in [0.25, 0.3) is 11.8 Å². The van der Waals surface area contributed by atoms with Crippen LogP contribution in [0.15, 0.2) is 79.1 Å². The lowest BCUT2D eigenvalue weighted by Gasteiger charge is -2.20. The predicted molar refractivity (Wildman–Crippen MR) is 162 cm³/mol. The lowest BCUT2D eigenvalue weighted by Crippen LogP contribution is -2.27. The zero-order valence-electron chi connectivity index (χ0n) is 25.1. The molecule has 46 heavy (non-hydrogen) atoms. The topological polar surface area (TPSA) is 178 Å². The van der Waals surface area contributed by atoms with Crippen molar-refractivity contribution in [2.75, 3.05) is 14.1 Å². The number of hydrogen-bond acceptors (Lipinski definition) is 12. The van der Waals surface area contributed by atoms with Gasteiger partial charge < -0.3 is 33.2 Å². The first-order chi connectivity index (χ1) is 22.3. The van der Waals surface area contributed by atoms with Crippen LogP contribution in [0.3, 0.4) is 0 Å². The van der Waals surface area contributed by atoms with Crippen molar-refractivity contribution < 1.29 is 27.3 Å². The van der Waals surface area contributed by atoms with Crippen LogP contribution in [0.2, 0.25) is 0 Å². The number of oxazole rings is 4. The average Bonchev–Trinajstić information content (AvgIpc) is 3.88. The van der Waals surface area contributed by atoms with Crippen LogP contribution >= 0.6 is 0 Å². The molecule has 5 aromatic heterocycles. The molecular weight excluding hydrogens is 592 g/mol. The number of amides is 2. The molecule has 2 N–H and O–H groups in total. The maximum absolute atomic E-state index is 13.0. The number of hydrogen-bond donors (Lipinski definition) is 2. The van der Waals surface area contributed by atoms with Crippen LogP contribution in [0.25, 0.3) is 46.3 Å². The molecule has 12 bridgehead atoms. The second-order valence-corrected chi connectivity index (χ2v) is 11.1. The number of rotatable bonds is 3. The highest BCUT2D eigenvalue weighted by atomic mass is 16.4. The molecule has 1 aromatic carbocycles. The van der Waals surface area contributed by atoms with Crippen molar-refractivity contribution in [1.82, 2.24) is 40.5 Å². The number of likely N-dealkylation sites (N-methyl/N-ethyl adjacent to an activating group) is 1. The van der Waals surface area contributed by atoms with Crippen LogP contribution in [0.4, 0.5) is 0 Å². The van der Waals surface area contributed by atoms with Gasteiger partial charge in [0.05, 0.1) is 0 Å². The van der Waals surface area contributed by atoms with Gasteiger partial charge in [-0.15, -0.1) is 0 Å². The number of pyridine rings is 1. The second-order valence-electron chi connectivity index (χ2n) is 11.1. The van der Waals surface area contributed by atoms with Crippen molar-refractivity contribution in [3.8, 4) is 46.3 Å². The van der Waals surface area contributed by atoms with Gasteiger partial charge >= 0.3 is 0 Å². The zero-order chi connectivity index (χ0) is 31.8. The Kier molecular flexibility index (Phi) is 7.46. The molecule has 0 saturated heterocycles. The molecule has 0 radical (unpaired) electrons. The first-order valence-electron chi connectivity index (χ1n) is 14.4. The Hall–Kier alpha value is -5.89. The van der Waals surface area contributed by atoms with Gasteiger partial charge in [-0.1, -0.05) is 24.3 Å². The Morgan fingerprint density at radius 1 is 0.652 bits per heavy atom. The highest BCUT2D eigenvalue weighted by Crippen LogP contribution is 2.27. The second kappa shape index (κ2) is 11.9. The molecule has 232 valence electrons. The van der Waals surface area contributed by atoms with Crippen molar-refractivity contribution in [3.05, 3.63) is 89.5 Å². The van der Waals surface area contributed by atoms with Gasteiger partial charge in [0.15, 0.2) is 22.8 Å². The standard InChI is InChI=1S/C32H28N8O6/c1-17(40(2)3)7-18-8-19-10-20(9-18)12-34-28(42)24-14-44-32(37-24)26-16-46-30(39-26)22-6-4-5-21(35-22)29-38-25(15-45-29)31-36-23(13-43-31)27(41)33-11-19/h4-6,8-10,13-17H,7,11-12H2,1-3H3,(H,33,41)(H,34,42). The van der Waals surface area contributed by atoms with E-state index in [1.54, 1.807) is 18.2 Å². The van der Waals surface area contributed by atoms with E-state index in [0.29, 0.717) is 22.8 Å². The van der Waals surface area contributed by atoms with Gasteiger partial charge in [0.2, 0.25) is 23.6 Å². The van der Waals surface area contributed by atoms with Gasteiger partial charge in [-0.3, -0.25) is 9.59 Å². The summed E-state index contributed by atoms with van der Waals surface area (Å²) in [5.41, 5.74) is 4.36. The van der Waals surface area contributed by atoms with Gasteiger partial charge in [-0.25, -0.2) is 24.9 Å². The van der Waals surface area contributed by atoms with Crippen molar-refractivity contribution in [3.63, 3.8) is 0 Å². The summed E-state index contributed by atoms with van der Waals surface area (Å²) in [5, 5.41) is 5.81. The Morgan fingerprint density at radius 2 is 1.09 bits per heavy atom. The number of aromatic nitrogens is 5. The zero-order valence-corrected chi connectivity index (χ0v) is 25.1. The summed E-state index contributed by atoms with van der Waals surface area (Å²) in [5.74, 6) is -0.208. The van der Waals surface area contributed by atoms with Gasteiger partial charge in [-0.2, -0.15) is 0 Å². The van der Waals surface area contributed by atoms with E-state index in [-0.39, 0.29) is 54.1 Å². The first-order valence-corrected chi connectivity index (χ1v) is 14.4. The Labute approximate surface area is 261 Å². The molecule has 1 aliphatic heterocycles. The van der Waals surface area contributed by atoms with Crippen molar-refractivity contribution >= 4 is 11.8 Å². The van der Waals surface area contributed by atoms with E-state index in [9.17, 15) is 9.59 Å². The number of fused-ring (bicyclic) bond motifs is 16. The molecule has 14 heteroatoms. The molecule has 6 heterocycles. The molecule has 2 amide bonds. The number of nitrogens with zero attached hydrogens (tertiary/aromatic N) is 6. The van der Waals surface area contributed by atoms with E-state index in [0.717, 1.165) is 23.1 Å². The number of nitrogens with one attached hydrogen (secondary N) is 2. The fourth-order valence-electron chi connectivity index (χ4n) is 4.87. The molecule has 7 rings (SSSR count). The van der Waals surface area contributed by atoms with Crippen molar-refractivity contribution in [1.29, 1.82) is 0 Å². The van der Waals surface area contributed by atoms with E-state index in [1.807, 2.05) is 32.3 Å². The van der Waals surface area contributed by atoms with Crippen LogP contribution in [0, 0.1) is 0 Å². The summed E-state index contributed by atoms with van der Waals surface area (Å²) in [6, 6.07) is 11.5. The van der Waals surface area contributed by atoms with Crippen LogP contribution in [-0.4, -0.2) is 61.8 Å². The lowest BCUT2D eigenvalue weighted by molar-refractivity contribution is 0.0938. The third-order valence-electron chi connectivity index (χ3n) is 7.54. The fraction of sp³-hybridized carbons (Fsp3) is 0.219. The minimum atomic E-state index is -0.420. The minimum absolute atomic E-state index is 0.0886. The molecule has 1 unspecified atom stereocenters. The van der Waals surface area contributed by atoms with Crippen LogP contribution in [0.5, 0.6) is 0 Å². The van der Waals surface area contributed by atoms with E-state index >= 15 is 0 Å². The van der Waals surface area contributed by atoms with E-state index in [1.165, 1.54) is 25.1 Å². The van der Waals surface area contributed by atoms with E-state index in [4.69, 9.17) is 17.7 Å². The van der Waals surface area contributed by atoms with Crippen LogP contribution < -0.4 is 10.6 Å². The molecule has 0 aliphatic carbocycles. The summed E-state index contributed by atoms with van der Waals surface area (Å²) in [4.78, 5) is 50.3. The molecule has 0 saturated carbocycles. The Morgan fingerprint density at radius 3 is 1.57 bits per heavy atom. The highest BCUT2D eigenvalue weighted by Gasteiger charge is 2.21. The smallest absolute Gasteiger partial charge is 0.273 e. The molecular formula is C32H28N8O6. The number of carbonyl (C=O) groups excluding carboxylic acids is 2. The van der Waals surface area contributed by atoms with E-state index in [2.05, 4.69) is 47.4 Å². The summed E-state index contributed by atoms with van der Waals surface area (Å²) in [7, 11) is 4.04. The molecule has 0 fully saturated rings. The van der Waals surface area contributed by atoms with Crippen LogP contribution in [0.1, 0.15) is 44.6 Å². The largest absolute Gasteiger partial charge is 0.442 e.